The Morgan fingerprint density at radius 1 is 1.06 bits per heavy atom. The van der Waals surface area contributed by atoms with Gasteiger partial charge in [0.2, 0.25) is 5.91 Å². The van der Waals surface area contributed by atoms with E-state index in [0.29, 0.717) is 11.6 Å². The van der Waals surface area contributed by atoms with Gasteiger partial charge in [0.25, 0.3) is 5.91 Å². The number of carbonyl (C=O) groups excluding carboxylic acids is 2. The lowest BCUT2D eigenvalue weighted by Gasteiger charge is -2.10. The number of rotatable bonds is 8. The standard InChI is InChI=1S/C21H20F3N5O3S/c1-32-16-8-4-13(5-9-16)18-27-28-20(33)29(18)12-17(30)25-10-11-26-19(31)14-2-6-15(7-3-14)21(22,23)24/h2-9H,10-12H2,1H3,(H,25,30)(H,26,31)(H,28,33). The zero-order valence-corrected chi connectivity index (χ0v) is 18.2. The molecule has 3 rings (SSSR count). The number of hydrogen-bond donors (Lipinski definition) is 3. The van der Waals surface area contributed by atoms with Crippen molar-refractivity contribution < 1.29 is 27.5 Å². The number of methoxy groups -OCH3 is 1. The molecule has 0 aliphatic rings. The number of nitrogens with one attached hydrogen (secondary N) is 3. The van der Waals surface area contributed by atoms with Crippen LogP contribution >= 0.6 is 12.2 Å². The average Bonchev–Trinajstić information content (AvgIpc) is 3.16. The second-order valence-electron chi connectivity index (χ2n) is 6.85. The summed E-state index contributed by atoms with van der Waals surface area (Å²) in [5.41, 5.74) is -0.0129. The Kier molecular flexibility index (Phi) is 7.48. The van der Waals surface area contributed by atoms with Crippen molar-refractivity contribution >= 4 is 24.0 Å². The summed E-state index contributed by atoms with van der Waals surface area (Å²) < 4.78 is 44.7. The summed E-state index contributed by atoms with van der Waals surface area (Å²) in [6.45, 7) is 0.117. The Hall–Kier alpha value is -3.67. The first-order valence-electron chi connectivity index (χ1n) is 9.71. The number of aromatic nitrogens is 3. The molecular weight excluding hydrogens is 459 g/mol. The molecule has 0 aliphatic carbocycles. The van der Waals surface area contributed by atoms with Gasteiger partial charge in [0.15, 0.2) is 10.6 Å². The zero-order chi connectivity index (χ0) is 24.0. The minimum absolute atomic E-state index is 0.0863. The third-order valence-electron chi connectivity index (χ3n) is 4.62. The van der Waals surface area contributed by atoms with Gasteiger partial charge >= 0.3 is 6.18 Å². The number of H-pyrrole nitrogens is 1. The van der Waals surface area contributed by atoms with E-state index in [2.05, 4.69) is 20.8 Å². The van der Waals surface area contributed by atoms with E-state index in [4.69, 9.17) is 17.0 Å². The van der Waals surface area contributed by atoms with Crippen molar-refractivity contribution in [2.45, 2.75) is 12.7 Å². The molecule has 0 saturated carbocycles. The first-order valence-corrected chi connectivity index (χ1v) is 10.1. The number of amides is 2. The fourth-order valence-corrected chi connectivity index (χ4v) is 3.11. The molecular formula is C21H20F3N5O3S. The fourth-order valence-electron chi connectivity index (χ4n) is 2.91. The molecule has 0 bridgehead atoms. The summed E-state index contributed by atoms with van der Waals surface area (Å²) in [5.74, 6) is 0.256. The molecule has 33 heavy (non-hydrogen) atoms. The molecule has 0 radical (unpaired) electrons. The molecule has 174 valence electrons. The summed E-state index contributed by atoms with van der Waals surface area (Å²) in [6.07, 6.45) is -4.47. The molecule has 0 atom stereocenters. The normalized spacial score (nSPS) is 11.2. The van der Waals surface area contributed by atoms with Gasteiger partial charge in [-0.1, -0.05) is 0 Å². The Morgan fingerprint density at radius 2 is 1.70 bits per heavy atom. The van der Waals surface area contributed by atoms with Crippen molar-refractivity contribution in [1.29, 1.82) is 0 Å². The highest BCUT2D eigenvalue weighted by Gasteiger charge is 2.30. The molecule has 0 spiro atoms. The van der Waals surface area contributed by atoms with Crippen LogP contribution in [0, 0.1) is 4.77 Å². The van der Waals surface area contributed by atoms with E-state index in [1.54, 1.807) is 31.4 Å². The van der Waals surface area contributed by atoms with Crippen LogP contribution in [0.1, 0.15) is 15.9 Å². The van der Waals surface area contributed by atoms with Gasteiger partial charge in [-0.15, -0.1) is 0 Å². The van der Waals surface area contributed by atoms with Crippen LogP contribution in [-0.2, 0) is 17.5 Å². The van der Waals surface area contributed by atoms with Crippen LogP contribution in [0.5, 0.6) is 5.75 Å². The second-order valence-corrected chi connectivity index (χ2v) is 7.23. The second kappa shape index (κ2) is 10.3. The number of benzene rings is 2. The number of carbonyl (C=O) groups is 2. The monoisotopic (exact) mass is 479 g/mol. The maximum absolute atomic E-state index is 12.6. The van der Waals surface area contributed by atoms with Gasteiger partial charge in [-0.25, -0.2) is 0 Å². The van der Waals surface area contributed by atoms with Crippen LogP contribution in [0.4, 0.5) is 13.2 Å². The van der Waals surface area contributed by atoms with Crippen LogP contribution in [-0.4, -0.2) is 46.8 Å². The molecule has 0 aliphatic heterocycles. The molecule has 1 heterocycles. The Morgan fingerprint density at radius 3 is 2.30 bits per heavy atom. The first-order chi connectivity index (χ1) is 15.7. The summed E-state index contributed by atoms with van der Waals surface area (Å²) in [5, 5.41) is 12.0. The third kappa shape index (κ3) is 6.19. The molecule has 8 nitrogen and oxygen atoms in total. The van der Waals surface area contributed by atoms with E-state index < -0.39 is 17.6 Å². The predicted molar refractivity (Wildman–Crippen MR) is 116 cm³/mol. The number of nitrogens with zero attached hydrogens (tertiary/aromatic N) is 2. The van der Waals surface area contributed by atoms with Gasteiger partial charge < -0.3 is 15.4 Å². The molecule has 2 aromatic carbocycles. The quantitative estimate of drug-likeness (QED) is 0.340. The molecule has 2 amide bonds. The van der Waals surface area contributed by atoms with Gasteiger partial charge in [0, 0.05) is 24.2 Å². The lowest BCUT2D eigenvalue weighted by Crippen LogP contribution is -2.36. The summed E-state index contributed by atoms with van der Waals surface area (Å²) in [4.78, 5) is 24.4. The molecule has 3 aromatic rings. The van der Waals surface area contributed by atoms with Gasteiger partial charge in [0.1, 0.15) is 12.3 Å². The Labute approximate surface area is 191 Å². The largest absolute Gasteiger partial charge is 0.497 e. The van der Waals surface area contributed by atoms with E-state index in [-0.39, 0.29) is 35.9 Å². The Balaban J connectivity index is 1.50. The minimum atomic E-state index is -4.47. The number of hydrogen-bond acceptors (Lipinski definition) is 5. The average molecular weight is 479 g/mol. The van der Waals surface area contributed by atoms with Crippen molar-refractivity contribution in [2.24, 2.45) is 0 Å². The lowest BCUT2D eigenvalue weighted by atomic mass is 10.1. The lowest BCUT2D eigenvalue weighted by molar-refractivity contribution is -0.137. The summed E-state index contributed by atoms with van der Waals surface area (Å²) in [7, 11) is 1.56. The molecule has 12 heteroatoms. The third-order valence-corrected chi connectivity index (χ3v) is 4.93. The smallest absolute Gasteiger partial charge is 0.416 e. The maximum Gasteiger partial charge on any atom is 0.416 e. The maximum atomic E-state index is 12.6. The molecule has 0 fully saturated rings. The highest BCUT2D eigenvalue weighted by Crippen LogP contribution is 2.29. The van der Waals surface area contributed by atoms with Crippen LogP contribution in [0.25, 0.3) is 11.4 Å². The van der Waals surface area contributed by atoms with Crippen LogP contribution in [0.3, 0.4) is 0 Å². The van der Waals surface area contributed by atoms with Crippen molar-refractivity contribution in [1.82, 2.24) is 25.4 Å². The summed E-state index contributed by atoms with van der Waals surface area (Å²) >= 11 is 5.21. The van der Waals surface area contributed by atoms with Crippen molar-refractivity contribution in [3.63, 3.8) is 0 Å². The summed E-state index contributed by atoms with van der Waals surface area (Å²) in [6, 6.07) is 11.0. The van der Waals surface area contributed by atoms with Crippen molar-refractivity contribution in [3.8, 4) is 17.1 Å². The first kappa shape index (κ1) is 24.0. The topological polar surface area (TPSA) is 101 Å². The van der Waals surface area contributed by atoms with Gasteiger partial charge in [-0.05, 0) is 60.7 Å². The molecule has 0 unspecified atom stereocenters. The molecule has 1 aromatic heterocycles. The van der Waals surface area contributed by atoms with Crippen LogP contribution in [0.2, 0.25) is 0 Å². The van der Waals surface area contributed by atoms with Crippen molar-refractivity contribution in [2.75, 3.05) is 20.2 Å². The van der Waals surface area contributed by atoms with Crippen LogP contribution < -0.4 is 15.4 Å². The molecule has 3 N–H and O–H groups in total. The van der Waals surface area contributed by atoms with E-state index in [1.807, 2.05) is 0 Å². The number of alkyl halides is 3. The predicted octanol–water partition coefficient (Wildman–Crippen LogP) is 3.18. The van der Waals surface area contributed by atoms with E-state index in [1.165, 1.54) is 4.57 Å². The Bertz CT molecular complexity index is 1170. The SMILES string of the molecule is COc1ccc(-c2n[nH]c(=S)n2CC(=O)NCCNC(=O)c2ccc(C(F)(F)F)cc2)cc1. The van der Waals surface area contributed by atoms with Crippen molar-refractivity contribution in [3.05, 3.63) is 64.4 Å². The minimum Gasteiger partial charge on any atom is -0.497 e. The highest BCUT2D eigenvalue weighted by molar-refractivity contribution is 7.71. The van der Waals surface area contributed by atoms with Crippen LogP contribution in [0.15, 0.2) is 48.5 Å². The highest BCUT2D eigenvalue weighted by atomic mass is 32.1. The van der Waals surface area contributed by atoms with E-state index >= 15 is 0 Å². The number of ether oxygens (including phenoxy) is 1. The number of halogens is 3. The number of aromatic amines is 1. The van der Waals surface area contributed by atoms with E-state index in [0.717, 1.165) is 29.8 Å². The van der Waals surface area contributed by atoms with E-state index in [9.17, 15) is 22.8 Å². The zero-order valence-electron chi connectivity index (χ0n) is 17.4. The van der Waals surface area contributed by atoms with Gasteiger partial charge in [-0.3, -0.25) is 19.3 Å². The van der Waals surface area contributed by atoms with Gasteiger partial charge in [-0.2, -0.15) is 18.3 Å². The fraction of sp³-hybridized carbons (Fsp3) is 0.238. The molecule has 0 saturated heterocycles. The van der Waals surface area contributed by atoms with Gasteiger partial charge in [0.05, 0.1) is 12.7 Å².